The molecule has 0 amide bonds. The maximum Gasteiger partial charge on any atom is 0.378 e. The highest BCUT2D eigenvalue weighted by Crippen LogP contribution is 2.26. The lowest BCUT2D eigenvalue weighted by molar-refractivity contribution is 0.0480. The fourth-order valence-electron chi connectivity index (χ4n) is 1.52. The van der Waals surface area contributed by atoms with Crippen molar-refractivity contribution in [2.24, 2.45) is 0 Å². The van der Waals surface area contributed by atoms with Crippen LogP contribution in [-0.4, -0.2) is 17.7 Å². The van der Waals surface area contributed by atoms with Crippen molar-refractivity contribution in [1.82, 2.24) is 0 Å². The van der Waals surface area contributed by atoms with Gasteiger partial charge >= 0.3 is 11.6 Å². The average molecular weight is 234 g/mol. The second-order valence-electron chi connectivity index (χ2n) is 3.33. The standard InChI is InChI=1S/C12H10O5/c1-2-16-12(15)10-9(13)7-5-3-4-6-8(7)11(14)17-10/h3-6,13H,2H2,1H3. The van der Waals surface area contributed by atoms with Gasteiger partial charge < -0.3 is 14.3 Å². The van der Waals surface area contributed by atoms with E-state index in [1.807, 2.05) is 0 Å². The molecular formula is C12H10O5. The van der Waals surface area contributed by atoms with E-state index in [-0.39, 0.29) is 23.1 Å². The van der Waals surface area contributed by atoms with Gasteiger partial charge in [-0.1, -0.05) is 18.2 Å². The number of carbonyl (C=O) groups excluding carboxylic acids is 1. The third-order valence-electron chi connectivity index (χ3n) is 2.27. The van der Waals surface area contributed by atoms with E-state index in [1.165, 1.54) is 12.1 Å². The van der Waals surface area contributed by atoms with Crippen LogP contribution in [0.3, 0.4) is 0 Å². The predicted octanol–water partition coefficient (Wildman–Crippen LogP) is 1.68. The summed E-state index contributed by atoms with van der Waals surface area (Å²) in [5, 5.41) is 10.3. The minimum Gasteiger partial charge on any atom is -0.504 e. The Morgan fingerprint density at radius 2 is 2.00 bits per heavy atom. The summed E-state index contributed by atoms with van der Waals surface area (Å²) in [6.45, 7) is 1.75. The highest BCUT2D eigenvalue weighted by molar-refractivity contribution is 5.97. The van der Waals surface area contributed by atoms with Gasteiger partial charge in [-0.2, -0.15) is 0 Å². The molecule has 0 fully saturated rings. The van der Waals surface area contributed by atoms with Gasteiger partial charge in [-0.3, -0.25) is 0 Å². The van der Waals surface area contributed by atoms with Crippen molar-refractivity contribution in [1.29, 1.82) is 0 Å². The first-order valence-electron chi connectivity index (χ1n) is 5.07. The van der Waals surface area contributed by atoms with Crippen molar-refractivity contribution in [2.75, 3.05) is 6.61 Å². The summed E-state index contributed by atoms with van der Waals surface area (Å²) < 4.78 is 9.44. The summed E-state index contributed by atoms with van der Waals surface area (Å²) in [7, 11) is 0. The molecule has 0 aliphatic carbocycles. The average Bonchev–Trinajstić information content (AvgIpc) is 2.34. The molecule has 0 aliphatic rings. The van der Waals surface area contributed by atoms with Gasteiger partial charge in [0.2, 0.25) is 0 Å². The lowest BCUT2D eigenvalue weighted by atomic mass is 10.1. The minimum atomic E-state index is -0.854. The molecule has 0 saturated carbocycles. The van der Waals surface area contributed by atoms with E-state index in [4.69, 9.17) is 4.42 Å². The van der Waals surface area contributed by atoms with Crippen molar-refractivity contribution in [3.8, 4) is 5.75 Å². The largest absolute Gasteiger partial charge is 0.504 e. The molecule has 0 bridgehead atoms. The smallest absolute Gasteiger partial charge is 0.378 e. The number of benzene rings is 1. The van der Waals surface area contributed by atoms with Crippen LogP contribution in [0.4, 0.5) is 0 Å². The molecule has 5 heteroatoms. The SMILES string of the molecule is CCOC(=O)c1oc(=O)c2ccccc2c1O. The monoisotopic (exact) mass is 234 g/mol. The number of fused-ring (bicyclic) bond motifs is 1. The summed E-state index contributed by atoms with van der Waals surface area (Å²) in [6, 6.07) is 6.33. The third kappa shape index (κ3) is 1.87. The molecule has 2 rings (SSSR count). The van der Waals surface area contributed by atoms with Crippen LogP contribution in [0.15, 0.2) is 33.5 Å². The van der Waals surface area contributed by atoms with Crippen LogP contribution in [0.1, 0.15) is 17.5 Å². The summed E-state index contributed by atoms with van der Waals surface area (Å²) in [5.74, 6) is -1.69. The molecule has 1 aromatic heterocycles. The van der Waals surface area contributed by atoms with Crippen molar-refractivity contribution in [3.05, 3.63) is 40.4 Å². The first kappa shape index (κ1) is 11.2. The van der Waals surface area contributed by atoms with E-state index in [9.17, 15) is 14.7 Å². The van der Waals surface area contributed by atoms with Crippen LogP contribution in [0.2, 0.25) is 0 Å². The van der Waals surface area contributed by atoms with Crippen molar-refractivity contribution in [3.63, 3.8) is 0 Å². The highest BCUT2D eigenvalue weighted by Gasteiger charge is 2.20. The molecule has 1 heterocycles. The van der Waals surface area contributed by atoms with Gasteiger partial charge in [0.15, 0.2) is 5.75 Å². The van der Waals surface area contributed by atoms with Gasteiger partial charge in [0.1, 0.15) is 0 Å². The third-order valence-corrected chi connectivity index (χ3v) is 2.27. The van der Waals surface area contributed by atoms with Crippen LogP contribution in [0.25, 0.3) is 10.8 Å². The normalized spacial score (nSPS) is 10.4. The van der Waals surface area contributed by atoms with E-state index < -0.39 is 17.4 Å². The number of carbonyl (C=O) groups is 1. The van der Waals surface area contributed by atoms with Gasteiger partial charge in [-0.25, -0.2) is 9.59 Å². The molecule has 2 aromatic rings. The van der Waals surface area contributed by atoms with Crippen LogP contribution in [-0.2, 0) is 4.74 Å². The zero-order chi connectivity index (χ0) is 12.4. The van der Waals surface area contributed by atoms with Crippen LogP contribution in [0.5, 0.6) is 5.75 Å². The molecule has 5 nitrogen and oxygen atoms in total. The number of ether oxygens (including phenoxy) is 1. The zero-order valence-corrected chi connectivity index (χ0v) is 9.10. The molecular weight excluding hydrogens is 224 g/mol. The second kappa shape index (κ2) is 4.29. The minimum absolute atomic E-state index is 0.134. The molecule has 0 atom stereocenters. The lowest BCUT2D eigenvalue weighted by Crippen LogP contribution is -2.10. The first-order chi connectivity index (χ1) is 8.15. The summed E-state index contributed by atoms with van der Waals surface area (Å²) in [4.78, 5) is 23.0. The molecule has 0 spiro atoms. The Labute approximate surface area is 96.2 Å². The zero-order valence-electron chi connectivity index (χ0n) is 9.10. The maximum atomic E-state index is 11.6. The van der Waals surface area contributed by atoms with Gasteiger partial charge in [-0.05, 0) is 13.0 Å². The summed E-state index contributed by atoms with van der Waals surface area (Å²) in [6.07, 6.45) is 0. The molecule has 0 saturated heterocycles. The van der Waals surface area contributed by atoms with E-state index in [2.05, 4.69) is 4.74 Å². The maximum absolute atomic E-state index is 11.6. The Balaban J connectivity index is 2.71. The predicted molar refractivity (Wildman–Crippen MR) is 60.1 cm³/mol. The Kier molecular flexibility index (Phi) is 2.82. The fourth-order valence-corrected chi connectivity index (χ4v) is 1.52. The highest BCUT2D eigenvalue weighted by atomic mass is 16.5. The molecule has 17 heavy (non-hydrogen) atoms. The molecule has 1 N–H and O–H groups in total. The van der Waals surface area contributed by atoms with Crippen LogP contribution >= 0.6 is 0 Å². The molecule has 88 valence electrons. The molecule has 0 radical (unpaired) electrons. The second-order valence-corrected chi connectivity index (χ2v) is 3.33. The Morgan fingerprint density at radius 3 is 2.65 bits per heavy atom. The van der Waals surface area contributed by atoms with Gasteiger partial charge in [0, 0.05) is 5.39 Å². The van der Waals surface area contributed by atoms with Crippen molar-refractivity contribution >= 4 is 16.7 Å². The Bertz CT molecular complexity index is 626. The van der Waals surface area contributed by atoms with E-state index in [0.717, 1.165) is 0 Å². The number of esters is 1. The fraction of sp³-hybridized carbons (Fsp3) is 0.167. The molecule has 0 aliphatic heterocycles. The Hall–Kier alpha value is -2.30. The topological polar surface area (TPSA) is 76.7 Å². The van der Waals surface area contributed by atoms with Crippen molar-refractivity contribution in [2.45, 2.75) is 6.92 Å². The van der Waals surface area contributed by atoms with E-state index in [1.54, 1.807) is 19.1 Å². The summed E-state index contributed by atoms with van der Waals surface area (Å²) in [5.41, 5.74) is -0.679. The van der Waals surface area contributed by atoms with Crippen molar-refractivity contribution < 1.29 is 19.1 Å². The summed E-state index contributed by atoms with van der Waals surface area (Å²) >= 11 is 0. The van der Waals surface area contributed by atoms with Crippen LogP contribution < -0.4 is 5.63 Å². The number of rotatable bonds is 2. The molecule has 0 unspecified atom stereocenters. The quantitative estimate of drug-likeness (QED) is 0.800. The van der Waals surface area contributed by atoms with E-state index in [0.29, 0.717) is 0 Å². The first-order valence-corrected chi connectivity index (χ1v) is 5.07. The van der Waals surface area contributed by atoms with E-state index >= 15 is 0 Å². The Morgan fingerprint density at radius 1 is 1.35 bits per heavy atom. The number of hydrogen-bond acceptors (Lipinski definition) is 5. The number of hydrogen-bond donors (Lipinski definition) is 1. The van der Waals surface area contributed by atoms with Gasteiger partial charge in [0.05, 0.1) is 12.0 Å². The lowest BCUT2D eigenvalue weighted by Gasteiger charge is -2.05. The molecule has 1 aromatic carbocycles. The van der Waals surface area contributed by atoms with Gasteiger partial charge in [0.25, 0.3) is 5.76 Å². The number of aromatic hydroxyl groups is 1. The van der Waals surface area contributed by atoms with Gasteiger partial charge in [-0.15, -0.1) is 0 Å². The van der Waals surface area contributed by atoms with Crippen LogP contribution in [0, 0.1) is 0 Å².